The number of halogens is 1. The van der Waals surface area contributed by atoms with Crippen LogP contribution in [0, 0.1) is 19.8 Å². The molecule has 1 amide bonds. The first kappa shape index (κ1) is 24.1. The summed E-state index contributed by atoms with van der Waals surface area (Å²) in [5, 5.41) is 7.98. The zero-order valence-corrected chi connectivity index (χ0v) is 20.3. The van der Waals surface area contributed by atoms with Gasteiger partial charge in [-0.25, -0.2) is 4.98 Å². The topological polar surface area (TPSA) is 69.6 Å². The van der Waals surface area contributed by atoms with E-state index in [1.807, 2.05) is 18.7 Å². The van der Waals surface area contributed by atoms with E-state index in [1.165, 1.54) is 4.88 Å². The van der Waals surface area contributed by atoms with Crippen LogP contribution in [0.4, 0.5) is 0 Å². The number of carbonyl (C=O) groups is 1. The molecular formula is C19H34IN5OS. The van der Waals surface area contributed by atoms with Crippen LogP contribution >= 0.6 is 35.3 Å². The van der Waals surface area contributed by atoms with Crippen molar-refractivity contribution >= 4 is 47.2 Å². The lowest BCUT2D eigenvalue weighted by Gasteiger charge is -2.34. The maximum Gasteiger partial charge on any atom is 0.225 e. The average Bonchev–Trinajstić information content (AvgIpc) is 2.97. The lowest BCUT2D eigenvalue weighted by molar-refractivity contribution is -0.136. The number of nitrogens with zero attached hydrogens (tertiary/aromatic N) is 3. The molecule has 1 fully saturated rings. The summed E-state index contributed by atoms with van der Waals surface area (Å²) in [4.78, 5) is 24.6. The van der Waals surface area contributed by atoms with E-state index in [0.717, 1.165) is 62.0 Å². The van der Waals surface area contributed by atoms with Gasteiger partial charge in [-0.1, -0.05) is 13.8 Å². The van der Waals surface area contributed by atoms with Crippen LogP contribution in [-0.2, 0) is 11.3 Å². The van der Waals surface area contributed by atoms with E-state index in [9.17, 15) is 4.79 Å². The van der Waals surface area contributed by atoms with Crippen LogP contribution in [-0.4, -0.2) is 47.9 Å². The molecule has 154 valence electrons. The Bertz CT molecular complexity index is 622. The minimum Gasteiger partial charge on any atom is -0.354 e. The number of hydrogen-bond donors (Lipinski definition) is 2. The number of guanidine groups is 1. The summed E-state index contributed by atoms with van der Waals surface area (Å²) >= 11 is 1.72. The van der Waals surface area contributed by atoms with Crippen LogP contribution < -0.4 is 10.6 Å². The van der Waals surface area contributed by atoms with E-state index in [2.05, 4.69) is 34.5 Å². The highest BCUT2D eigenvalue weighted by Crippen LogP contribution is 2.18. The summed E-state index contributed by atoms with van der Waals surface area (Å²) in [6, 6.07) is 0.358. The van der Waals surface area contributed by atoms with Gasteiger partial charge in [0, 0.05) is 37.0 Å². The summed E-state index contributed by atoms with van der Waals surface area (Å²) < 4.78 is 0. The molecule has 0 spiro atoms. The molecule has 6 nitrogen and oxygen atoms in total. The molecule has 0 radical (unpaired) electrons. The van der Waals surface area contributed by atoms with Crippen LogP contribution in [0.1, 0.15) is 55.1 Å². The molecule has 27 heavy (non-hydrogen) atoms. The highest BCUT2D eigenvalue weighted by Gasteiger charge is 2.26. The largest absolute Gasteiger partial charge is 0.354 e. The first-order chi connectivity index (χ1) is 12.5. The van der Waals surface area contributed by atoms with Gasteiger partial charge in [-0.2, -0.15) is 0 Å². The Morgan fingerprint density at radius 2 is 1.93 bits per heavy atom. The molecule has 1 saturated heterocycles. The smallest absolute Gasteiger partial charge is 0.225 e. The molecular weight excluding hydrogens is 473 g/mol. The van der Waals surface area contributed by atoms with Gasteiger partial charge < -0.3 is 15.5 Å². The van der Waals surface area contributed by atoms with Crippen LogP contribution in [0.15, 0.2) is 4.99 Å². The number of hydrogen-bond acceptors (Lipinski definition) is 4. The molecule has 1 aliphatic rings. The fraction of sp³-hybridized carbons (Fsp3) is 0.737. The van der Waals surface area contributed by atoms with Crippen molar-refractivity contribution in [2.24, 2.45) is 10.9 Å². The Morgan fingerprint density at radius 1 is 1.30 bits per heavy atom. The molecule has 1 aromatic rings. The van der Waals surface area contributed by atoms with Crippen LogP contribution in [0.2, 0.25) is 0 Å². The molecule has 0 unspecified atom stereocenters. The molecule has 8 heteroatoms. The van der Waals surface area contributed by atoms with Crippen LogP contribution in [0.5, 0.6) is 0 Å². The Labute approximate surface area is 184 Å². The van der Waals surface area contributed by atoms with Crippen molar-refractivity contribution in [3.8, 4) is 0 Å². The lowest BCUT2D eigenvalue weighted by Crippen LogP contribution is -2.50. The van der Waals surface area contributed by atoms with Gasteiger partial charge >= 0.3 is 0 Å². The number of thiazole rings is 1. The fourth-order valence-electron chi connectivity index (χ4n) is 3.43. The number of carbonyl (C=O) groups excluding carboxylic acids is 1. The molecule has 2 heterocycles. The van der Waals surface area contributed by atoms with E-state index in [0.29, 0.717) is 11.9 Å². The van der Waals surface area contributed by atoms with Crippen molar-refractivity contribution in [2.45, 2.75) is 66.0 Å². The van der Waals surface area contributed by atoms with Gasteiger partial charge in [-0.05, 0) is 39.5 Å². The number of rotatable bonds is 6. The summed E-state index contributed by atoms with van der Waals surface area (Å²) in [6.45, 7) is 10.7. The van der Waals surface area contributed by atoms with Crippen molar-refractivity contribution in [1.29, 1.82) is 0 Å². The second-order valence-corrected chi connectivity index (χ2v) is 8.21. The molecule has 0 saturated carbocycles. The standard InChI is InChI=1S/C19H33N5OS.HI/c1-6-15(7-2)18(25)24-10-8-16(9-11-24)23-19(20-5)21-12-17-13(3)22-14(4)26-17;/h15-16H,6-12H2,1-5H3,(H2,20,21,23);1H. The molecule has 2 N–H and O–H groups in total. The van der Waals surface area contributed by atoms with Crippen molar-refractivity contribution < 1.29 is 4.79 Å². The second kappa shape index (κ2) is 11.8. The number of aryl methyl sites for hydroxylation is 2. The Hall–Kier alpha value is -0.900. The highest BCUT2D eigenvalue weighted by atomic mass is 127. The number of nitrogens with one attached hydrogen (secondary N) is 2. The predicted molar refractivity (Wildman–Crippen MR) is 124 cm³/mol. The second-order valence-electron chi connectivity index (χ2n) is 6.92. The van der Waals surface area contributed by atoms with Gasteiger partial charge in [0.25, 0.3) is 0 Å². The van der Waals surface area contributed by atoms with Crippen molar-refractivity contribution in [2.75, 3.05) is 20.1 Å². The molecule has 2 rings (SSSR count). The average molecular weight is 507 g/mol. The zero-order chi connectivity index (χ0) is 19.1. The van der Waals surface area contributed by atoms with Gasteiger partial charge in [-0.3, -0.25) is 9.79 Å². The highest BCUT2D eigenvalue weighted by molar-refractivity contribution is 14.0. The minimum atomic E-state index is 0. The molecule has 0 bridgehead atoms. The van der Waals surface area contributed by atoms with Crippen molar-refractivity contribution in [3.63, 3.8) is 0 Å². The zero-order valence-electron chi connectivity index (χ0n) is 17.2. The van der Waals surface area contributed by atoms with Crippen LogP contribution in [0.3, 0.4) is 0 Å². The Morgan fingerprint density at radius 3 is 2.41 bits per heavy atom. The van der Waals surface area contributed by atoms with E-state index in [1.54, 1.807) is 18.4 Å². The van der Waals surface area contributed by atoms with Gasteiger partial charge in [0.15, 0.2) is 5.96 Å². The van der Waals surface area contributed by atoms with Gasteiger partial charge in [0.05, 0.1) is 17.2 Å². The number of aliphatic imine (C=N–C) groups is 1. The minimum absolute atomic E-state index is 0. The summed E-state index contributed by atoms with van der Waals surface area (Å²) in [6.07, 6.45) is 3.79. The summed E-state index contributed by atoms with van der Waals surface area (Å²) in [5.74, 6) is 1.33. The van der Waals surface area contributed by atoms with Crippen LogP contribution in [0.25, 0.3) is 0 Å². The molecule has 0 atom stereocenters. The molecule has 0 aliphatic carbocycles. The van der Waals surface area contributed by atoms with Gasteiger partial charge in [0.2, 0.25) is 5.91 Å². The normalized spacial score (nSPS) is 15.6. The Balaban J connectivity index is 0.00000364. The monoisotopic (exact) mass is 507 g/mol. The lowest BCUT2D eigenvalue weighted by atomic mass is 9.98. The maximum absolute atomic E-state index is 12.5. The SMILES string of the molecule is CCC(CC)C(=O)N1CCC(NC(=NC)NCc2sc(C)nc2C)CC1.I. The maximum atomic E-state index is 12.5. The quantitative estimate of drug-likeness (QED) is 0.352. The Kier molecular flexibility index (Phi) is 10.6. The predicted octanol–water partition coefficient (Wildman–Crippen LogP) is 3.47. The van der Waals surface area contributed by atoms with E-state index in [4.69, 9.17) is 0 Å². The summed E-state index contributed by atoms with van der Waals surface area (Å²) in [5.41, 5.74) is 1.09. The van der Waals surface area contributed by atoms with E-state index >= 15 is 0 Å². The van der Waals surface area contributed by atoms with Gasteiger partial charge in [0.1, 0.15) is 0 Å². The molecule has 1 aliphatic heterocycles. The third kappa shape index (κ3) is 6.89. The number of likely N-dealkylation sites (tertiary alicyclic amines) is 1. The first-order valence-electron chi connectivity index (χ1n) is 9.67. The first-order valence-corrected chi connectivity index (χ1v) is 10.5. The fourth-order valence-corrected chi connectivity index (χ4v) is 4.31. The molecule has 0 aromatic carbocycles. The number of piperidine rings is 1. The molecule has 1 aromatic heterocycles. The van der Waals surface area contributed by atoms with Gasteiger partial charge in [-0.15, -0.1) is 35.3 Å². The third-order valence-electron chi connectivity index (χ3n) is 5.12. The van der Waals surface area contributed by atoms with E-state index < -0.39 is 0 Å². The number of amides is 1. The van der Waals surface area contributed by atoms with Crippen molar-refractivity contribution in [3.05, 3.63) is 15.6 Å². The van der Waals surface area contributed by atoms with E-state index in [-0.39, 0.29) is 29.9 Å². The van der Waals surface area contributed by atoms with Crippen molar-refractivity contribution in [1.82, 2.24) is 20.5 Å². The third-order valence-corrected chi connectivity index (χ3v) is 6.19. The number of aromatic nitrogens is 1. The summed E-state index contributed by atoms with van der Waals surface area (Å²) in [7, 11) is 1.80.